The molecule has 0 radical (unpaired) electrons. The predicted molar refractivity (Wildman–Crippen MR) is 277 cm³/mol. The van der Waals surface area contributed by atoms with Crippen molar-refractivity contribution in [2.75, 3.05) is 26.2 Å². The highest BCUT2D eigenvalue weighted by Crippen LogP contribution is 2.20. The largest absolute Gasteiger partial charge is 0.480 e. The molecule has 0 saturated carbocycles. The van der Waals surface area contributed by atoms with E-state index < -0.39 is 95.5 Å². The number of benzene rings is 2. The maximum absolute atomic E-state index is 14.6. The number of carbonyl (C=O) groups is 9. The van der Waals surface area contributed by atoms with Crippen LogP contribution in [0.3, 0.4) is 0 Å². The molecule has 2 aromatic carbocycles. The normalized spacial score (nSPS) is 21.1. The first-order chi connectivity index (χ1) is 35.8. The minimum Gasteiger partial charge on any atom is -0.480 e. The number of H-pyrrole nitrogens is 1. The SMILES string of the molecule is CC(=O)N[C@@H](CCCNC(=N)N)C(=O)NC1CCC(=O)NCCCC(C(=O)O)NC(=O)[C@H](Cc2c[nH]c3ccccc23)NC(=O)[C@H](CCCNC(=N)N)NC(=O)C(Cc2ccccc2)NC(=O)[C@H](CCCN)NC1=O. The van der Waals surface area contributed by atoms with Crippen LogP contribution in [0, 0.1) is 10.8 Å². The lowest BCUT2D eigenvalue weighted by Gasteiger charge is -2.28. The van der Waals surface area contributed by atoms with E-state index in [-0.39, 0.29) is 115 Å². The van der Waals surface area contributed by atoms with Crippen molar-refractivity contribution in [1.29, 1.82) is 10.8 Å². The fourth-order valence-electron chi connectivity index (χ4n) is 8.28. The highest BCUT2D eigenvalue weighted by molar-refractivity contribution is 5.98. The van der Waals surface area contributed by atoms with Crippen molar-refractivity contribution in [3.8, 4) is 0 Å². The molecular weight excluding hydrogens is 973 g/mol. The van der Waals surface area contributed by atoms with Crippen molar-refractivity contribution >= 4 is 76.0 Å². The highest BCUT2D eigenvalue weighted by atomic mass is 16.4. The third kappa shape index (κ3) is 20.6. The van der Waals surface area contributed by atoms with E-state index in [9.17, 15) is 48.3 Å². The van der Waals surface area contributed by atoms with Crippen LogP contribution in [-0.4, -0.2) is 144 Å². The zero-order valence-corrected chi connectivity index (χ0v) is 42.0. The van der Waals surface area contributed by atoms with Gasteiger partial charge in [-0.25, -0.2) is 4.79 Å². The van der Waals surface area contributed by atoms with E-state index in [1.54, 1.807) is 42.6 Å². The van der Waals surface area contributed by atoms with Crippen molar-refractivity contribution < 1.29 is 48.3 Å². The molecule has 0 spiro atoms. The summed E-state index contributed by atoms with van der Waals surface area (Å²) >= 11 is 0. The van der Waals surface area contributed by atoms with Gasteiger partial charge in [-0.1, -0.05) is 48.5 Å². The van der Waals surface area contributed by atoms with Gasteiger partial charge in [-0.05, 0) is 81.5 Å². The number of rotatable bonds is 19. The molecule has 408 valence electrons. The van der Waals surface area contributed by atoms with Gasteiger partial charge in [0.25, 0.3) is 0 Å². The summed E-state index contributed by atoms with van der Waals surface area (Å²) in [5.74, 6) is -8.25. The summed E-state index contributed by atoms with van der Waals surface area (Å²) in [5.41, 5.74) is 18.7. The molecule has 1 fully saturated rings. The summed E-state index contributed by atoms with van der Waals surface area (Å²) in [6.45, 7) is 1.51. The Hall–Kier alpha value is -8.29. The molecule has 8 amide bonds. The smallest absolute Gasteiger partial charge is 0.326 e. The first kappa shape index (κ1) is 59.3. The van der Waals surface area contributed by atoms with Crippen LogP contribution in [0.4, 0.5) is 0 Å². The van der Waals surface area contributed by atoms with Gasteiger partial charge in [0.1, 0.15) is 42.3 Å². The van der Waals surface area contributed by atoms with E-state index in [0.29, 0.717) is 11.1 Å². The topological polar surface area (TPSA) is 436 Å². The number of amides is 8. The number of guanidine groups is 2. The lowest BCUT2D eigenvalue weighted by Crippen LogP contribution is -2.60. The average Bonchev–Trinajstić information content (AvgIpc) is 3.78. The summed E-state index contributed by atoms with van der Waals surface area (Å²) in [6.07, 6.45) is 1.20. The fraction of sp³-hybridized carbons (Fsp3) is 0.490. The molecule has 26 nitrogen and oxygen atoms in total. The number of carbonyl (C=O) groups excluding carboxylic acids is 8. The second-order valence-corrected chi connectivity index (χ2v) is 18.1. The van der Waals surface area contributed by atoms with Crippen LogP contribution in [-0.2, 0) is 56.0 Å². The Morgan fingerprint density at radius 1 is 0.720 bits per heavy atom. The van der Waals surface area contributed by atoms with Crippen LogP contribution < -0.4 is 70.4 Å². The number of carboxylic acids is 1. The number of fused-ring (bicyclic) bond motifs is 1. The van der Waals surface area contributed by atoms with Gasteiger partial charge < -0.3 is 80.5 Å². The summed E-state index contributed by atoms with van der Waals surface area (Å²) in [5, 5.41) is 52.4. The van der Waals surface area contributed by atoms with Gasteiger partial charge in [0.2, 0.25) is 47.3 Å². The van der Waals surface area contributed by atoms with Crippen LogP contribution in [0.1, 0.15) is 82.3 Å². The number of hydrogen-bond acceptors (Lipinski definition) is 12. The molecule has 7 atom stereocenters. The van der Waals surface area contributed by atoms with E-state index in [0.717, 1.165) is 10.9 Å². The van der Waals surface area contributed by atoms with Crippen LogP contribution in [0.5, 0.6) is 0 Å². The van der Waals surface area contributed by atoms with Crippen molar-refractivity contribution in [2.45, 2.75) is 126 Å². The third-order valence-electron chi connectivity index (χ3n) is 12.2. The molecule has 1 saturated heterocycles. The van der Waals surface area contributed by atoms with Crippen LogP contribution in [0.15, 0.2) is 60.8 Å². The van der Waals surface area contributed by atoms with E-state index in [2.05, 4.69) is 58.2 Å². The minimum atomic E-state index is -1.49. The van der Waals surface area contributed by atoms with E-state index in [1.807, 2.05) is 18.2 Å². The maximum atomic E-state index is 14.6. The number of aliphatic carboxylic acids is 1. The predicted octanol–water partition coefficient (Wildman–Crippen LogP) is -2.59. The zero-order chi connectivity index (χ0) is 54.9. The van der Waals surface area contributed by atoms with Crippen molar-refractivity contribution in [3.05, 3.63) is 71.9 Å². The summed E-state index contributed by atoms with van der Waals surface area (Å²) < 4.78 is 0. The van der Waals surface area contributed by atoms with Gasteiger partial charge in [0.05, 0.1) is 0 Å². The van der Waals surface area contributed by atoms with Gasteiger partial charge in [-0.2, -0.15) is 0 Å². The molecule has 20 N–H and O–H groups in total. The first-order valence-electron chi connectivity index (χ1n) is 24.9. The van der Waals surface area contributed by atoms with Crippen molar-refractivity contribution in [3.63, 3.8) is 0 Å². The van der Waals surface area contributed by atoms with Gasteiger partial charge in [-0.3, -0.25) is 49.2 Å². The molecule has 3 unspecified atom stereocenters. The number of hydrogen-bond donors (Lipinski definition) is 17. The van der Waals surface area contributed by atoms with Crippen LogP contribution in [0.2, 0.25) is 0 Å². The maximum Gasteiger partial charge on any atom is 0.326 e. The molecule has 2 heterocycles. The monoisotopic (exact) mass is 1040 g/mol. The van der Waals surface area contributed by atoms with Gasteiger partial charge >= 0.3 is 5.97 Å². The second-order valence-electron chi connectivity index (χ2n) is 18.1. The number of aromatic amines is 1. The quantitative estimate of drug-likeness (QED) is 0.0333. The number of nitrogens with one attached hydrogen (secondary N) is 13. The second kappa shape index (κ2) is 30.7. The molecule has 3 aromatic rings. The Kier molecular flexibility index (Phi) is 24.2. The Morgan fingerprint density at radius 2 is 1.29 bits per heavy atom. The molecule has 0 bridgehead atoms. The lowest BCUT2D eigenvalue weighted by molar-refractivity contribution is -0.142. The van der Waals surface area contributed by atoms with Crippen LogP contribution in [0.25, 0.3) is 10.9 Å². The molecule has 1 aliphatic rings. The number of carboxylic acid groups (broad SMARTS) is 1. The molecule has 0 aliphatic carbocycles. The molecule has 1 aromatic heterocycles. The Morgan fingerprint density at radius 3 is 1.93 bits per heavy atom. The first-order valence-corrected chi connectivity index (χ1v) is 24.9. The molecule has 75 heavy (non-hydrogen) atoms. The Balaban J connectivity index is 1.76. The summed E-state index contributed by atoms with van der Waals surface area (Å²) in [6, 6.07) is 6.16. The van der Waals surface area contributed by atoms with E-state index >= 15 is 0 Å². The van der Waals surface area contributed by atoms with Crippen molar-refractivity contribution in [1.82, 2.24) is 58.2 Å². The van der Waals surface area contributed by atoms with Gasteiger partial charge in [-0.15, -0.1) is 0 Å². The lowest BCUT2D eigenvalue weighted by atomic mass is 10.0. The number of aromatic nitrogens is 1. The summed E-state index contributed by atoms with van der Waals surface area (Å²) in [7, 11) is 0. The Bertz CT molecular complexity index is 2470. The zero-order valence-electron chi connectivity index (χ0n) is 42.0. The summed E-state index contributed by atoms with van der Waals surface area (Å²) in [4.78, 5) is 127. The molecule has 1 aliphatic heterocycles. The standard InChI is InChI=1S/C49H72N16O10/c1-28(66)59-33(16-8-23-56-48(51)52)41(68)62-36-19-20-40(67)55-22-10-18-37(47(74)75)63-46(73)39(26-30-27-58-32-14-6-5-13-31(30)32)65-43(70)35(17-9-24-57-49(53)54)61-45(72)38(25-29-11-3-2-4-12-29)64-42(69)34(15-7-21-50)60-44(36)71/h2-6,11-14,27,33-39,58H,7-10,15-26,50H2,1H3,(H,55,67)(H,59,66)(H,60,71)(H,61,72)(H,62,68)(H,63,73)(H,64,69)(H,65,70)(H,74,75)(H4,51,52,56)(H4,53,54,57)/t33-,34-,35-,36?,37?,38?,39-/m0/s1. The molecule has 26 heteroatoms. The Labute approximate surface area is 433 Å². The number of para-hydroxylation sites is 1. The third-order valence-corrected chi connectivity index (χ3v) is 12.2. The number of nitrogens with two attached hydrogens (primary N) is 3. The van der Waals surface area contributed by atoms with E-state index in [1.165, 1.54) is 6.92 Å². The fourth-order valence-corrected chi connectivity index (χ4v) is 8.28. The van der Waals surface area contributed by atoms with Crippen molar-refractivity contribution in [2.24, 2.45) is 17.2 Å². The average molecular weight is 1050 g/mol. The minimum absolute atomic E-state index is 0.0437. The van der Waals surface area contributed by atoms with E-state index in [4.69, 9.17) is 28.0 Å². The molecule has 4 rings (SSSR count). The molecular formula is C49H72N16O10. The van der Waals surface area contributed by atoms with Gasteiger partial charge in [0.15, 0.2) is 11.9 Å². The van der Waals surface area contributed by atoms with Gasteiger partial charge in [0, 0.05) is 62.9 Å². The highest BCUT2D eigenvalue weighted by Gasteiger charge is 2.35. The van der Waals surface area contributed by atoms with Crippen LogP contribution >= 0.6 is 0 Å².